The summed E-state index contributed by atoms with van der Waals surface area (Å²) in [5, 5.41) is 0.634. The average molecular weight is 316 g/mol. The number of nitrogens with zero attached hydrogens (tertiary/aromatic N) is 2. The van der Waals surface area contributed by atoms with Crippen LogP contribution in [-0.2, 0) is 0 Å². The third-order valence-electron chi connectivity index (χ3n) is 3.85. The number of benzene rings is 1. The van der Waals surface area contributed by atoms with Gasteiger partial charge >= 0.3 is 0 Å². The predicted molar refractivity (Wildman–Crippen MR) is 83.4 cm³/mol. The zero-order valence-electron chi connectivity index (χ0n) is 11.9. The van der Waals surface area contributed by atoms with Crippen molar-refractivity contribution in [3.63, 3.8) is 0 Å². The standard InChI is InChI=1S/C14H19Cl2N3O/c1-8-6-19(7-12(8)18(2)3)14(20)9-4-10(15)13(17)11(16)5-9/h4-5,8,12H,6-7,17H2,1-3H3. The van der Waals surface area contributed by atoms with Gasteiger partial charge in [-0.25, -0.2) is 0 Å². The van der Waals surface area contributed by atoms with Crippen LogP contribution in [0.15, 0.2) is 12.1 Å². The van der Waals surface area contributed by atoms with Crippen LogP contribution in [0.2, 0.25) is 10.0 Å². The maximum absolute atomic E-state index is 12.5. The molecule has 6 heteroatoms. The normalized spacial score (nSPS) is 22.6. The summed E-state index contributed by atoms with van der Waals surface area (Å²) in [6.07, 6.45) is 0. The maximum atomic E-state index is 12.5. The summed E-state index contributed by atoms with van der Waals surface area (Å²) < 4.78 is 0. The minimum Gasteiger partial charge on any atom is -0.396 e. The van der Waals surface area contributed by atoms with Crippen LogP contribution in [0.5, 0.6) is 0 Å². The Morgan fingerprint density at radius 3 is 2.30 bits per heavy atom. The van der Waals surface area contributed by atoms with Gasteiger partial charge in [0, 0.05) is 24.7 Å². The molecule has 1 aliphatic rings. The minimum absolute atomic E-state index is 0.0509. The molecule has 0 spiro atoms. The molecule has 4 nitrogen and oxygen atoms in total. The summed E-state index contributed by atoms with van der Waals surface area (Å²) in [5.41, 5.74) is 6.49. The molecule has 0 aromatic heterocycles. The first-order valence-corrected chi connectivity index (χ1v) is 7.27. The van der Waals surface area contributed by atoms with E-state index in [0.29, 0.717) is 39.8 Å². The minimum atomic E-state index is -0.0509. The topological polar surface area (TPSA) is 49.6 Å². The number of nitrogens with two attached hydrogens (primary N) is 1. The van der Waals surface area contributed by atoms with Crippen LogP contribution in [0.4, 0.5) is 5.69 Å². The zero-order valence-corrected chi connectivity index (χ0v) is 13.4. The van der Waals surface area contributed by atoms with E-state index in [1.165, 1.54) is 0 Å². The molecule has 1 heterocycles. The lowest BCUT2D eigenvalue weighted by Crippen LogP contribution is -2.35. The fourth-order valence-corrected chi connectivity index (χ4v) is 3.17. The van der Waals surface area contributed by atoms with Crippen molar-refractivity contribution in [3.8, 4) is 0 Å². The van der Waals surface area contributed by atoms with E-state index < -0.39 is 0 Å². The van der Waals surface area contributed by atoms with Gasteiger partial charge in [-0.1, -0.05) is 30.1 Å². The van der Waals surface area contributed by atoms with Crippen LogP contribution >= 0.6 is 23.2 Å². The second kappa shape index (κ2) is 5.80. The summed E-state index contributed by atoms with van der Waals surface area (Å²) in [4.78, 5) is 16.5. The van der Waals surface area contributed by atoms with Gasteiger partial charge in [-0.3, -0.25) is 4.79 Å². The Morgan fingerprint density at radius 2 is 1.85 bits per heavy atom. The number of nitrogen functional groups attached to an aromatic ring is 1. The number of carbonyl (C=O) groups is 1. The van der Waals surface area contributed by atoms with Crippen molar-refractivity contribution in [2.75, 3.05) is 32.9 Å². The Bertz CT molecular complexity index is 510. The zero-order chi connectivity index (χ0) is 15.0. The second-order valence-corrected chi connectivity index (χ2v) is 6.39. The second-order valence-electron chi connectivity index (χ2n) is 5.57. The van der Waals surface area contributed by atoms with Crippen LogP contribution < -0.4 is 5.73 Å². The molecule has 1 aromatic rings. The lowest BCUT2D eigenvalue weighted by Gasteiger charge is -2.22. The highest BCUT2D eigenvalue weighted by Gasteiger charge is 2.34. The maximum Gasteiger partial charge on any atom is 0.254 e. The van der Waals surface area contributed by atoms with E-state index in [9.17, 15) is 4.79 Å². The first-order valence-electron chi connectivity index (χ1n) is 6.51. The molecule has 2 N–H and O–H groups in total. The number of amides is 1. The first kappa shape index (κ1) is 15.4. The SMILES string of the molecule is CC1CN(C(=O)c2cc(Cl)c(N)c(Cl)c2)CC1N(C)C. The highest BCUT2D eigenvalue weighted by atomic mass is 35.5. The molecular formula is C14H19Cl2N3O. The number of hydrogen-bond donors (Lipinski definition) is 1. The number of anilines is 1. The van der Waals surface area contributed by atoms with Crippen molar-refractivity contribution < 1.29 is 4.79 Å². The molecule has 1 saturated heterocycles. The van der Waals surface area contributed by atoms with E-state index in [-0.39, 0.29) is 5.91 Å². The van der Waals surface area contributed by atoms with E-state index in [2.05, 4.69) is 11.8 Å². The molecule has 1 aromatic carbocycles. The molecule has 1 fully saturated rings. The molecule has 0 bridgehead atoms. The van der Waals surface area contributed by atoms with Gasteiger partial charge in [-0.15, -0.1) is 0 Å². The summed E-state index contributed by atoms with van der Waals surface area (Å²) in [7, 11) is 4.07. The third-order valence-corrected chi connectivity index (χ3v) is 4.47. The van der Waals surface area contributed by atoms with Gasteiger partial charge < -0.3 is 15.5 Å². The summed E-state index contributed by atoms with van der Waals surface area (Å²) >= 11 is 12.0. The van der Waals surface area contributed by atoms with Crippen molar-refractivity contribution >= 4 is 34.8 Å². The van der Waals surface area contributed by atoms with Crippen LogP contribution in [0.1, 0.15) is 17.3 Å². The van der Waals surface area contributed by atoms with Crippen molar-refractivity contribution in [3.05, 3.63) is 27.7 Å². The highest BCUT2D eigenvalue weighted by molar-refractivity contribution is 6.39. The fourth-order valence-electron chi connectivity index (χ4n) is 2.68. The molecule has 110 valence electrons. The van der Waals surface area contributed by atoms with Crippen molar-refractivity contribution in [1.82, 2.24) is 9.80 Å². The van der Waals surface area contributed by atoms with Crippen LogP contribution in [-0.4, -0.2) is 48.9 Å². The Balaban J connectivity index is 2.21. The molecule has 2 rings (SSSR count). The molecule has 0 saturated carbocycles. The lowest BCUT2D eigenvalue weighted by molar-refractivity contribution is 0.0781. The van der Waals surface area contributed by atoms with Gasteiger partial charge in [-0.05, 0) is 32.1 Å². The van der Waals surface area contributed by atoms with Crippen LogP contribution in [0, 0.1) is 5.92 Å². The number of hydrogen-bond acceptors (Lipinski definition) is 3. The molecule has 20 heavy (non-hydrogen) atoms. The van der Waals surface area contributed by atoms with Crippen molar-refractivity contribution in [2.24, 2.45) is 5.92 Å². The monoisotopic (exact) mass is 315 g/mol. The van der Waals surface area contributed by atoms with Crippen LogP contribution in [0.3, 0.4) is 0 Å². The molecule has 1 aliphatic heterocycles. The first-order chi connectivity index (χ1) is 9.31. The number of halogens is 2. The highest BCUT2D eigenvalue weighted by Crippen LogP contribution is 2.30. The number of likely N-dealkylation sites (tertiary alicyclic amines) is 1. The van der Waals surface area contributed by atoms with E-state index in [4.69, 9.17) is 28.9 Å². The van der Waals surface area contributed by atoms with Gasteiger partial charge in [0.2, 0.25) is 0 Å². The summed E-state index contributed by atoms with van der Waals surface area (Å²) in [5.74, 6) is 0.388. The van der Waals surface area contributed by atoms with Crippen molar-refractivity contribution in [2.45, 2.75) is 13.0 Å². The Labute approximate surface area is 129 Å². The van der Waals surface area contributed by atoms with E-state index in [1.807, 2.05) is 19.0 Å². The van der Waals surface area contributed by atoms with Gasteiger partial charge in [0.05, 0.1) is 15.7 Å². The van der Waals surface area contributed by atoms with Crippen LogP contribution in [0.25, 0.3) is 0 Å². The molecule has 0 radical (unpaired) electrons. The Kier molecular flexibility index (Phi) is 4.47. The van der Waals surface area contributed by atoms with Gasteiger partial charge in [0.15, 0.2) is 0 Å². The van der Waals surface area contributed by atoms with Gasteiger partial charge in [0.25, 0.3) is 5.91 Å². The number of likely N-dealkylation sites (N-methyl/N-ethyl adjacent to an activating group) is 1. The Hall–Kier alpha value is -0.970. The molecule has 1 amide bonds. The third kappa shape index (κ3) is 2.87. The number of rotatable bonds is 2. The average Bonchev–Trinajstić information content (AvgIpc) is 2.76. The van der Waals surface area contributed by atoms with Gasteiger partial charge in [-0.2, -0.15) is 0 Å². The number of carbonyl (C=O) groups excluding carboxylic acids is 1. The molecule has 0 aliphatic carbocycles. The van der Waals surface area contributed by atoms with E-state index >= 15 is 0 Å². The fraction of sp³-hybridized carbons (Fsp3) is 0.500. The molecular weight excluding hydrogens is 297 g/mol. The lowest BCUT2D eigenvalue weighted by atomic mass is 10.1. The molecule has 2 unspecified atom stereocenters. The van der Waals surface area contributed by atoms with Crippen molar-refractivity contribution in [1.29, 1.82) is 0 Å². The largest absolute Gasteiger partial charge is 0.396 e. The quantitative estimate of drug-likeness (QED) is 0.853. The van der Waals surface area contributed by atoms with Gasteiger partial charge in [0.1, 0.15) is 0 Å². The molecule has 2 atom stereocenters. The predicted octanol–water partition coefficient (Wildman–Crippen LogP) is 2.60. The smallest absolute Gasteiger partial charge is 0.254 e. The van der Waals surface area contributed by atoms with E-state index in [0.717, 1.165) is 6.54 Å². The van der Waals surface area contributed by atoms with E-state index in [1.54, 1.807) is 12.1 Å². The summed E-state index contributed by atoms with van der Waals surface area (Å²) in [6.45, 7) is 3.61. The summed E-state index contributed by atoms with van der Waals surface area (Å²) in [6, 6.07) is 3.54. The Morgan fingerprint density at radius 1 is 1.30 bits per heavy atom.